The molecule has 6 heteroatoms. The minimum Gasteiger partial charge on any atom is -0.378 e. The Labute approximate surface area is 140 Å². The lowest BCUT2D eigenvalue weighted by atomic mass is 10.1. The summed E-state index contributed by atoms with van der Waals surface area (Å²) in [6, 6.07) is 6.14. The van der Waals surface area contributed by atoms with Crippen molar-refractivity contribution in [2.45, 2.75) is 19.3 Å². The molecule has 23 heavy (non-hydrogen) atoms. The fourth-order valence-corrected chi connectivity index (χ4v) is 3.70. The number of morpholine rings is 1. The standard InChI is InChI=1S/C17H22N2O3S/c20-16(11-23-12-17(21)19-6-8-22-9-7-19)18-15-5-4-13-2-1-3-14(13)10-15/h4-5,10H,1-3,6-9,11-12H2,(H,18,20). The number of thioether (sulfide) groups is 1. The molecule has 0 saturated carbocycles. The number of hydrogen-bond donors (Lipinski definition) is 1. The summed E-state index contributed by atoms with van der Waals surface area (Å²) in [6.07, 6.45) is 3.44. The number of amides is 2. The topological polar surface area (TPSA) is 58.6 Å². The summed E-state index contributed by atoms with van der Waals surface area (Å²) in [5.74, 6) is 0.677. The molecule has 124 valence electrons. The van der Waals surface area contributed by atoms with Gasteiger partial charge in [0.1, 0.15) is 0 Å². The summed E-state index contributed by atoms with van der Waals surface area (Å²) in [6.45, 7) is 2.52. The molecule has 0 radical (unpaired) electrons. The number of fused-ring (bicyclic) bond motifs is 1. The Morgan fingerprint density at radius 3 is 2.74 bits per heavy atom. The van der Waals surface area contributed by atoms with Gasteiger partial charge in [-0.25, -0.2) is 0 Å². The van der Waals surface area contributed by atoms with Crippen molar-refractivity contribution < 1.29 is 14.3 Å². The number of carbonyl (C=O) groups is 2. The summed E-state index contributed by atoms with van der Waals surface area (Å²) in [7, 11) is 0. The van der Waals surface area contributed by atoms with Gasteiger partial charge >= 0.3 is 0 Å². The number of hydrogen-bond acceptors (Lipinski definition) is 4. The maximum atomic E-state index is 12.0. The summed E-state index contributed by atoms with van der Waals surface area (Å²) < 4.78 is 5.23. The van der Waals surface area contributed by atoms with Gasteiger partial charge in [-0.05, 0) is 42.5 Å². The molecule has 0 aromatic heterocycles. The van der Waals surface area contributed by atoms with Gasteiger partial charge in [0.05, 0.1) is 24.7 Å². The minimum atomic E-state index is -0.0530. The lowest BCUT2D eigenvalue weighted by Gasteiger charge is -2.26. The first-order valence-corrected chi connectivity index (χ1v) is 9.23. The average molecular weight is 334 g/mol. The summed E-state index contributed by atoms with van der Waals surface area (Å²) in [5.41, 5.74) is 3.60. The fourth-order valence-electron chi connectivity index (χ4n) is 2.98. The molecule has 1 aromatic rings. The van der Waals surface area contributed by atoms with Gasteiger partial charge in [0.2, 0.25) is 11.8 Å². The highest BCUT2D eigenvalue weighted by Crippen LogP contribution is 2.24. The van der Waals surface area contributed by atoms with Gasteiger partial charge in [-0.2, -0.15) is 0 Å². The Kier molecular flexibility index (Phi) is 5.56. The molecule has 2 aliphatic rings. The molecule has 2 amide bonds. The molecule has 1 N–H and O–H groups in total. The molecule has 0 atom stereocenters. The molecule has 3 rings (SSSR count). The van der Waals surface area contributed by atoms with Gasteiger partial charge in [-0.3, -0.25) is 9.59 Å². The maximum Gasteiger partial charge on any atom is 0.234 e. The largest absolute Gasteiger partial charge is 0.378 e. The zero-order chi connectivity index (χ0) is 16.1. The number of rotatable bonds is 5. The maximum absolute atomic E-state index is 12.0. The van der Waals surface area contributed by atoms with E-state index in [1.54, 1.807) is 4.90 Å². The minimum absolute atomic E-state index is 0.0530. The molecule has 1 heterocycles. The van der Waals surface area contributed by atoms with E-state index in [1.165, 1.54) is 29.3 Å². The van der Waals surface area contributed by atoms with Gasteiger partial charge in [-0.1, -0.05) is 6.07 Å². The lowest BCUT2D eigenvalue weighted by molar-refractivity contribution is -0.132. The Bertz CT molecular complexity index is 585. The number of nitrogens with one attached hydrogen (secondary N) is 1. The van der Waals surface area contributed by atoms with Crippen molar-refractivity contribution in [3.8, 4) is 0 Å². The number of nitrogens with zero attached hydrogens (tertiary/aromatic N) is 1. The van der Waals surface area contributed by atoms with Crippen LogP contribution in [0, 0.1) is 0 Å². The molecule has 1 saturated heterocycles. The van der Waals surface area contributed by atoms with Crippen molar-refractivity contribution in [3.63, 3.8) is 0 Å². The van der Waals surface area contributed by atoms with Crippen LogP contribution in [0.4, 0.5) is 5.69 Å². The summed E-state index contributed by atoms with van der Waals surface area (Å²) in [4.78, 5) is 25.8. The molecule has 1 aromatic carbocycles. The van der Waals surface area contributed by atoms with E-state index >= 15 is 0 Å². The Morgan fingerprint density at radius 2 is 1.91 bits per heavy atom. The van der Waals surface area contributed by atoms with Crippen molar-refractivity contribution in [1.82, 2.24) is 4.90 Å². The van der Waals surface area contributed by atoms with Crippen LogP contribution in [0.1, 0.15) is 17.5 Å². The SMILES string of the molecule is O=C(CSCC(=O)N1CCOCC1)Nc1ccc2c(c1)CCC2. The molecule has 0 spiro atoms. The van der Waals surface area contributed by atoms with Crippen LogP contribution < -0.4 is 5.32 Å². The first kappa shape index (κ1) is 16.3. The summed E-state index contributed by atoms with van der Waals surface area (Å²) >= 11 is 1.36. The predicted octanol–water partition coefficient (Wildman–Crippen LogP) is 1.71. The Morgan fingerprint density at radius 1 is 1.13 bits per heavy atom. The van der Waals surface area contributed by atoms with E-state index in [0.717, 1.165) is 18.5 Å². The number of benzene rings is 1. The second-order valence-electron chi connectivity index (χ2n) is 5.87. The average Bonchev–Trinajstić information content (AvgIpc) is 3.03. The van der Waals surface area contributed by atoms with E-state index in [9.17, 15) is 9.59 Å². The highest BCUT2D eigenvalue weighted by Gasteiger charge is 2.17. The van der Waals surface area contributed by atoms with Crippen LogP contribution in [-0.4, -0.2) is 54.5 Å². The van der Waals surface area contributed by atoms with Crippen molar-refractivity contribution >= 4 is 29.3 Å². The summed E-state index contributed by atoms with van der Waals surface area (Å²) in [5, 5.41) is 2.92. The van der Waals surface area contributed by atoms with Crippen molar-refractivity contribution in [1.29, 1.82) is 0 Å². The molecule has 0 unspecified atom stereocenters. The zero-order valence-corrected chi connectivity index (χ0v) is 14.0. The van der Waals surface area contributed by atoms with Crippen molar-refractivity contribution in [3.05, 3.63) is 29.3 Å². The van der Waals surface area contributed by atoms with Crippen LogP contribution in [-0.2, 0) is 27.2 Å². The normalized spacial score (nSPS) is 17.0. The Balaban J connectivity index is 1.40. The number of aryl methyl sites for hydroxylation is 2. The van der Waals surface area contributed by atoms with E-state index in [-0.39, 0.29) is 11.8 Å². The highest BCUT2D eigenvalue weighted by atomic mass is 32.2. The van der Waals surface area contributed by atoms with E-state index in [2.05, 4.69) is 17.4 Å². The molecule has 1 aliphatic carbocycles. The molecular weight excluding hydrogens is 312 g/mol. The van der Waals surface area contributed by atoms with Crippen LogP contribution >= 0.6 is 11.8 Å². The van der Waals surface area contributed by atoms with E-state index in [4.69, 9.17) is 4.74 Å². The second-order valence-corrected chi connectivity index (χ2v) is 6.86. The van der Waals surface area contributed by atoms with Crippen molar-refractivity contribution in [2.24, 2.45) is 0 Å². The number of carbonyl (C=O) groups excluding carboxylic acids is 2. The number of anilines is 1. The first-order chi connectivity index (χ1) is 11.2. The van der Waals surface area contributed by atoms with Gasteiger partial charge in [-0.15, -0.1) is 11.8 Å². The van der Waals surface area contributed by atoms with Crippen LogP contribution in [0.2, 0.25) is 0 Å². The smallest absolute Gasteiger partial charge is 0.234 e. The first-order valence-electron chi connectivity index (χ1n) is 8.07. The molecule has 1 aliphatic heterocycles. The third-order valence-electron chi connectivity index (χ3n) is 4.20. The fraction of sp³-hybridized carbons (Fsp3) is 0.529. The van der Waals surface area contributed by atoms with Crippen LogP contribution in [0.3, 0.4) is 0 Å². The monoisotopic (exact) mass is 334 g/mol. The van der Waals surface area contributed by atoms with Crippen molar-refractivity contribution in [2.75, 3.05) is 43.1 Å². The lowest BCUT2D eigenvalue weighted by Crippen LogP contribution is -2.41. The van der Waals surface area contributed by atoms with Crippen LogP contribution in [0.15, 0.2) is 18.2 Å². The van der Waals surface area contributed by atoms with E-state index in [0.29, 0.717) is 37.8 Å². The van der Waals surface area contributed by atoms with Crippen LogP contribution in [0.5, 0.6) is 0 Å². The zero-order valence-electron chi connectivity index (χ0n) is 13.2. The van der Waals surface area contributed by atoms with Gasteiger partial charge in [0, 0.05) is 18.8 Å². The third-order valence-corrected chi connectivity index (χ3v) is 5.12. The van der Waals surface area contributed by atoms with Gasteiger partial charge < -0.3 is 15.0 Å². The molecule has 0 bridgehead atoms. The predicted molar refractivity (Wildman–Crippen MR) is 91.8 cm³/mol. The quantitative estimate of drug-likeness (QED) is 0.890. The van der Waals surface area contributed by atoms with Gasteiger partial charge in [0.25, 0.3) is 0 Å². The Hall–Kier alpha value is -1.53. The van der Waals surface area contributed by atoms with Crippen LogP contribution in [0.25, 0.3) is 0 Å². The van der Waals surface area contributed by atoms with Gasteiger partial charge in [0.15, 0.2) is 0 Å². The third kappa shape index (κ3) is 4.48. The van der Waals surface area contributed by atoms with E-state index in [1.807, 2.05) is 6.07 Å². The second kappa shape index (κ2) is 7.84. The molecular formula is C17H22N2O3S. The molecule has 5 nitrogen and oxygen atoms in total. The highest BCUT2D eigenvalue weighted by molar-refractivity contribution is 8.00. The number of ether oxygens (including phenoxy) is 1. The van der Waals surface area contributed by atoms with E-state index < -0.39 is 0 Å². The molecule has 1 fully saturated rings.